The van der Waals surface area contributed by atoms with Crippen LogP contribution in [0.3, 0.4) is 0 Å². The number of benzene rings is 5. The number of fused-ring (bicyclic) bond motifs is 8. The molecule has 0 bridgehead atoms. The van der Waals surface area contributed by atoms with E-state index in [1.165, 1.54) is 6.07 Å². The zero-order chi connectivity index (χ0) is 27.4. The molecule has 1 aliphatic rings. The van der Waals surface area contributed by atoms with Gasteiger partial charge in [0, 0.05) is 32.7 Å². The van der Waals surface area contributed by atoms with Gasteiger partial charge in [0.2, 0.25) is 0 Å². The Morgan fingerprint density at radius 2 is 1.38 bits per heavy atom. The van der Waals surface area contributed by atoms with Crippen molar-refractivity contribution in [3.63, 3.8) is 0 Å². The minimum atomic E-state index is -0.719. The van der Waals surface area contributed by atoms with E-state index < -0.39 is 18.3 Å². The summed E-state index contributed by atoms with van der Waals surface area (Å²) in [5.74, 6) is -0.289. The average Bonchev–Trinajstić information content (AvgIpc) is 3.55. The summed E-state index contributed by atoms with van der Waals surface area (Å²) in [6, 6.07) is 29.8. The average molecular weight is 527 g/mol. The zero-order valence-corrected chi connectivity index (χ0v) is 22.8. The van der Waals surface area contributed by atoms with Gasteiger partial charge in [0.25, 0.3) is 0 Å². The molecule has 0 spiro atoms. The lowest BCUT2D eigenvalue weighted by molar-refractivity contribution is 0.00578. The number of aromatic nitrogens is 1. The zero-order valence-electron chi connectivity index (χ0n) is 22.8. The first-order valence-electron chi connectivity index (χ1n) is 13.7. The summed E-state index contributed by atoms with van der Waals surface area (Å²) in [7, 11) is -0.719. The molecule has 0 atom stereocenters. The molecule has 0 amide bonds. The summed E-state index contributed by atoms with van der Waals surface area (Å²) in [5, 5.41) is 6.04. The van der Waals surface area contributed by atoms with Gasteiger partial charge in [0.15, 0.2) is 0 Å². The summed E-state index contributed by atoms with van der Waals surface area (Å²) in [6.07, 6.45) is 0. The second-order valence-electron chi connectivity index (χ2n) is 11.7. The summed E-state index contributed by atoms with van der Waals surface area (Å²) in [5.41, 5.74) is 3.29. The predicted molar refractivity (Wildman–Crippen MR) is 161 cm³/mol. The molecular weight excluding hydrogens is 500 g/mol. The van der Waals surface area contributed by atoms with E-state index in [1.807, 2.05) is 74.7 Å². The van der Waals surface area contributed by atoms with Crippen LogP contribution in [-0.4, -0.2) is 22.9 Å². The Morgan fingerprint density at radius 1 is 0.675 bits per heavy atom. The molecule has 0 saturated carbocycles. The number of rotatable bonds is 2. The molecule has 6 heteroatoms. The monoisotopic (exact) mass is 527 g/mol. The van der Waals surface area contributed by atoms with E-state index in [1.54, 1.807) is 6.07 Å². The second-order valence-corrected chi connectivity index (χ2v) is 11.7. The second kappa shape index (κ2) is 7.97. The van der Waals surface area contributed by atoms with E-state index >= 15 is 4.39 Å². The van der Waals surface area contributed by atoms with Crippen molar-refractivity contribution in [1.82, 2.24) is 4.57 Å². The van der Waals surface area contributed by atoms with E-state index in [0.29, 0.717) is 11.1 Å². The van der Waals surface area contributed by atoms with Crippen LogP contribution in [0.5, 0.6) is 0 Å². The van der Waals surface area contributed by atoms with Crippen molar-refractivity contribution < 1.29 is 18.1 Å². The minimum absolute atomic E-state index is 0.289. The van der Waals surface area contributed by atoms with Crippen LogP contribution >= 0.6 is 0 Å². The molecule has 1 aliphatic heterocycles. The van der Waals surface area contributed by atoms with Gasteiger partial charge < -0.3 is 18.3 Å². The standard InChI is InChI=1S/C34H27BFNO3/c1-33(2)34(3,4)40-35(39-33)30-27(19-17-23-22-12-7-8-15-28(22)38-32(23)30)37-26-18-16-20-10-5-6-11-21(20)29(26)24-13-9-14-25(36)31(24)37/h5-19H,1-4H3. The van der Waals surface area contributed by atoms with Gasteiger partial charge in [-0.3, -0.25) is 0 Å². The number of nitrogens with zero attached hydrogens (tertiary/aromatic N) is 1. The summed E-state index contributed by atoms with van der Waals surface area (Å²) in [6.45, 7) is 8.16. The van der Waals surface area contributed by atoms with Crippen molar-refractivity contribution >= 4 is 67.1 Å². The lowest BCUT2D eigenvalue weighted by Gasteiger charge is -2.32. The van der Waals surface area contributed by atoms with Crippen LogP contribution in [0.25, 0.3) is 60.2 Å². The third-order valence-corrected chi connectivity index (χ3v) is 8.92. The molecule has 196 valence electrons. The van der Waals surface area contributed by atoms with Gasteiger partial charge in [-0.15, -0.1) is 0 Å². The Bertz CT molecular complexity index is 2140. The normalized spacial score (nSPS) is 16.8. The molecule has 0 unspecified atom stereocenters. The predicted octanol–water partition coefficient (Wildman–Crippen LogP) is 8.27. The summed E-state index contributed by atoms with van der Waals surface area (Å²) < 4.78 is 37.7. The quantitative estimate of drug-likeness (QED) is 0.212. The molecule has 2 aromatic heterocycles. The van der Waals surface area contributed by atoms with Crippen LogP contribution in [0.15, 0.2) is 95.4 Å². The van der Waals surface area contributed by atoms with Crippen molar-refractivity contribution in [1.29, 1.82) is 0 Å². The fourth-order valence-electron chi connectivity index (χ4n) is 6.23. The third kappa shape index (κ3) is 3.09. The number of hydrogen-bond acceptors (Lipinski definition) is 3. The molecule has 5 aromatic carbocycles. The molecule has 7 aromatic rings. The smallest absolute Gasteiger partial charge is 0.456 e. The number of halogens is 1. The minimum Gasteiger partial charge on any atom is -0.456 e. The van der Waals surface area contributed by atoms with Crippen LogP contribution in [0.2, 0.25) is 0 Å². The van der Waals surface area contributed by atoms with Crippen molar-refractivity contribution in [3.05, 3.63) is 96.8 Å². The summed E-state index contributed by atoms with van der Waals surface area (Å²) in [4.78, 5) is 0. The van der Waals surface area contributed by atoms with E-state index in [4.69, 9.17) is 13.7 Å². The van der Waals surface area contributed by atoms with Crippen LogP contribution in [0.1, 0.15) is 27.7 Å². The van der Waals surface area contributed by atoms with Gasteiger partial charge in [-0.2, -0.15) is 0 Å². The lowest BCUT2D eigenvalue weighted by atomic mass is 9.76. The van der Waals surface area contributed by atoms with E-state index in [9.17, 15) is 0 Å². The molecule has 1 fully saturated rings. The highest BCUT2D eigenvalue weighted by Crippen LogP contribution is 2.41. The Kier molecular flexibility index (Phi) is 4.73. The van der Waals surface area contributed by atoms with Gasteiger partial charge >= 0.3 is 7.12 Å². The molecule has 0 N–H and O–H groups in total. The van der Waals surface area contributed by atoms with Crippen molar-refractivity contribution in [2.45, 2.75) is 38.9 Å². The Labute approximate surface area is 231 Å². The molecule has 0 radical (unpaired) electrons. The molecule has 1 saturated heterocycles. The van der Waals surface area contributed by atoms with Crippen LogP contribution in [0, 0.1) is 5.82 Å². The van der Waals surface area contributed by atoms with Gasteiger partial charge in [0.05, 0.1) is 22.2 Å². The topological polar surface area (TPSA) is 36.5 Å². The Morgan fingerprint density at radius 3 is 2.17 bits per heavy atom. The first-order valence-corrected chi connectivity index (χ1v) is 13.7. The van der Waals surface area contributed by atoms with Gasteiger partial charge in [-0.05, 0) is 68.8 Å². The number of furan rings is 1. The van der Waals surface area contributed by atoms with Gasteiger partial charge in [0.1, 0.15) is 17.0 Å². The van der Waals surface area contributed by atoms with Crippen molar-refractivity contribution in [2.24, 2.45) is 0 Å². The van der Waals surface area contributed by atoms with Gasteiger partial charge in [-0.1, -0.05) is 60.7 Å². The maximum atomic E-state index is 15.9. The molecule has 0 aliphatic carbocycles. The SMILES string of the molecule is CC1(C)OB(c2c(-n3c4ccc5ccccc5c4c4cccc(F)c43)ccc3c2oc2ccccc23)OC1(C)C. The van der Waals surface area contributed by atoms with Crippen LogP contribution in [-0.2, 0) is 9.31 Å². The van der Waals surface area contributed by atoms with E-state index in [0.717, 1.165) is 54.6 Å². The maximum Gasteiger partial charge on any atom is 0.500 e. The molecular formula is C34H27BFNO3. The third-order valence-electron chi connectivity index (χ3n) is 8.92. The largest absolute Gasteiger partial charge is 0.500 e. The Balaban J connectivity index is 1.55. The van der Waals surface area contributed by atoms with Crippen LogP contribution in [0.4, 0.5) is 4.39 Å². The van der Waals surface area contributed by atoms with Crippen LogP contribution < -0.4 is 5.46 Å². The highest BCUT2D eigenvalue weighted by molar-refractivity contribution is 6.66. The fraction of sp³-hybridized carbons (Fsp3) is 0.176. The first kappa shape index (κ1) is 23.7. The lowest BCUT2D eigenvalue weighted by Crippen LogP contribution is -2.41. The number of para-hydroxylation sites is 2. The first-order chi connectivity index (χ1) is 19.2. The highest BCUT2D eigenvalue weighted by atomic mass is 19.1. The summed E-state index contributed by atoms with van der Waals surface area (Å²) >= 11 is 0. The van der Waals surface area contributed by atoms with E-state index in [2.05, 4.69) is 36.4 Å². The number of hydrogen-bond donors (Lipinski definition) is 0. The maximum absolute atomic E-state index is 15.9. The molecule has 3 heterocycles. The fourth-order valence-corrected chi connectivity index (χ4v) is 6.23. The molecule has 8 rings (SSSR count). The highest BCUT2D eigenvalue weighted by Gasteiger charge is 2.53. The molecule has 4 nitrogen and oxygen atoms in total. The Hall–Kier alpha value is -4.13. The van der Waals surface area contributed by atoms with E-state index in [-0.39, 0.29) is 5.82 Å². The van der Waals surface area contributed by atoms with Crippen molar-refractivity contribution in [2.75, 3.05) is 0 Å². The van der Waals surface area contributed by atoms with Gasteiger partial charge in [-0.25, -0.2) is 4.39 Å². The molecule has 40 heavy (non-hydrogen) atoms. The van der Waals surface area contributed by atoms with Crippen molar-refractivity contribution in [3.8, 4) is 5.69 Å².